The molecule has 44 heavy (non-hydrogen) atoms. The van der Waals surface area contributed by atoms with Crippen molar-refractivity contribution in [3.63, 3.8) is 0 Å². The van der Waals surface area contributed by atoms with Crippen LogP contribution in [-0.4, -0.2) is 61.8 Å². The second-order valence-corrected chi connectivity index (χ2v) is 13.5. The fraction of sp³-hybridized carbons (Fsp3) is 0.593. The summed E-state index contributed by atoms with van der Waals surface area (Å²) < 4.78 is 99.7. The first kappa shape index (κ1) is 35.3. The molecular weight excluding hydrogens is 637 g/mol. The SMILES string of the molecule is CCn1nc(C(=O)NCC2CCC(S(=O)(=O)NC(=O)NC)CC2)c(Cl)c1-c1ccc(CC(C)(C)C(F)(F)F)cc1OC(F)F. The number of nitrogens with one attached hydrogen (secondary N) is 3. The number of aromatic nitrogens is 2. The monoisotopic (exact) mass is 671 g/mol. The molecule has 10 nitrogen and oxygen atoms in total. The smallest absolute Gasteiger partial charge is 0.394 e. The van der Waals surface area contributed by atoms with E-state index in [9.17, 15) is 40.0 Å². The van der Waals surface area contributed by atoms with Crippen molar-refractivity contribution in [3.05, 3.63) is 34.5 Å². The molecule has 0 atom stereocenters. The number of sulfonamides is 1. The van der Waals surface area contributed by atoms with Crippen molar-refractivity contribution in [2.24, 2.45) is 11.3 Å². The number of alkyl halides is 5. The number of aryl methyl sites for hydroxylation is 1. The highest BCUT2D eigenvalue weighted by atomic mass is 35.5. The van der Waals surface area contributed by atoms with E-state index in [-0.39, 0.29) is 59.4 Å². The Morgan fingerprint density at radius 2 is 1.80 bits per heavy atom. The van der Waals surface area contributed by atoms with Gasteiger partial charge in [0, 0.05) is 25.7 Å². The summed E-state index contributed by atoms with van der Waals surface area (Å²) in [6.45, 7) is 0.739. The van der Waals surface area contributed by atoms with Gasteiger partial charge in [-0.1, -0.05) is 31.5 Å². The molecule has 1 saturated carbocycles. The summed E-state index contributed by atoms with van der Waals surface area (Å²) in [6.07, 6.45) is -3.54. The first-order valence-electron chi connectivity index (χ1n) is 13.8. The molecule has 17 heteroatoms. The average molecular weight is 672 g/mol. The second-order valence-electron chi connectivity index (χ2n) is 11.2. The van der Waals surface area contributed by atoms with E-state index in [1.165, 1.54) is 23.9 Å². The van der Waals surface area contributed by atoms with Crippen LogP contribution >= 0.6 is 11.6 Å². The lowest BCUT2D eigenvalue weighted by molar-refractivity contribution is -0.211. The van der Waals surface area contributed by atoms with Crippen LogP contribution in [0.3, 0.4) is 0 Å². The Morgan fingerprint density at radius 3 is 2.34 bits per heavy atom. The minimum absolute atomic E-state index is 0.0159. The summed E-state index contributed by atoms with van der Waals surface area (Å²) in [5, 5.41) is 8.25. The zero-order valence-electron chi connectivity index (χ0n) is 24.5. The number of urea groups is 1. The van der Waals surface area contributed by atoms with E-state index in [1.807, 2.05) is 4.72 Å². The predicted molar refractivity (Wildman–Crippen MR) is 153 cm³/mol. The maximum absolute atomic E-state index is 13.4. The average Bonchev–Trinajstić information content (AvgIpc) is 3.26. The molecule has 2 aromatic rings. The summed E-state index contributed by atoms with van der Waals surface area (Å²) in [6, 6.07) is 2.93. The van der Waals surface area contributed by atoms with Gasteiger partial charge in [0.05, 0.1) is 21.4 Å². The molecule has 1 aliphatic rings. The Kier molecular flexibility index (Phi) is 11.1. The number of carbonyl (C=O) groups is 2. The maximum Gasteiger partial charge on any atom is 0.394 e. The van der Waals surface area contributed by atoms with Crippen LogP contribution in [0.4, 0.5) is 26.7 Å². The number of benzene rings is 1. The van der Waals surface area contributed by atoms with Crippen LogP contribution in [-0.2, 0) is 23.0 Å². The Morgan fingerprint density at radius 1 is 1.16 bits per heavy atom. The van der Waals surface area contributed by atoms with Gasteiger partial charge in [-0.3, -0.25) is 9.48 Å². The lowest BCUT2D eigenvalue weighted by Gasteiger charge is -2.28. The van der Waals surface area contributed by atoms with Crippen molar-refractivity contribution in [1.82, 2.24) is 25.1 Å². The summed E-state index contributed by atoms with van der Waals surface area (Å²) in [5.41, 5.74) is -2.14. The van der Waals surface area contributed by atoms with Gasteiger partial charge in [0.1, 0.15) is 5.75 Å². The van der Waals surface area contributed by atoms with Crippen LogP contribution < -0.4 is 20.1 Å². The summed E-state index contributed by atoms with van der Waals surface area (Å²) in [4.78, 5) is 24.5. The van der Waals surface area contributed by atoms with E-state index in [1.54, 1.807) is 6.92 Å². The van der Waals surface area contributed by atoms with E-state index in [0.29, 0.717) is 12.8 Å². The van der Waals surface area contributed by atoms with Gasteiger partial charge in [-0.05, 0) is 62.6 Å². The van der Waals surface area contributed by atoms with E-state index in [4.69, 9.17) is 11.6 Å². The number of halogens is 6. The normalized spacial score (nSPS) is 17.8. The zero-order chi connectivity index (χ0) is 33.0. The number of rotatable bonds is 11. The minimum atomic E-state index is -4.54. The maximum atomic E-state index is 13.4. The highest BCUT2D eigenvalue weighted by Gasteiger charge is 2.47. The molecule has 1 heterocycles. The summed E-state index contributed by atoms with van der Waals surface area (Å²) in [7, 11) is -2.54. The summed E-state index contributed by atoms with van der Waals surface area (Å²) >= 11 is 6.55. The topological polar surface area (TPSA) is 131 Å². The molecule has 0 unspecified atom stereocenters. The molecular formula is C27H35ClF5N5O5S. The van der Waals surface area contributed by atoms with Gasteiger partial charge in [0.25, 0.3) is 5.91 Å². The van der Waals surface area contributed by atoms with Gasteiger partial charge in [0.15, 0.2) is 5.69 Å². The van der Waals surface area contributed by atoms with Crippen molar-refractivity contribution >= 4 is 33.6 Å². The molecule has 1 aromatic carbocycles. The molecule has 0 aliphatic heterocycles. The molecule has 0 saturated heterocycles. The van der Waals surface area contributed by atoms with Gasteiger partial charge in [-0.25, -0.2) is 17.9 Å². The third-order valence-corrected chi connectivity index (χ3v) is 9.76. The molecule has 246 valence electrons. The van der Waals surface area contributed by atoms with Gasteiger partial charge in [0.2, 0.25) is 10.0 Å². The lowest BCUT2D eigenvalue weighted by Crippen LogP contribution is -2.44. The van der Waals surface area contributed by atoms with Crippen molar-refractivity contribution in [2.45, 2.75) is 77.5 Å². The number of hydrogen-bond donors (Lipinski definition) is 3. The molecule has 3 amide bonds. The number of hydrogen-bond acceptors (Lipinski definition) is 6. The Bertz CT molecular complexity index is 1460. The van der Waals surface area contributed by atoms with Crippen LogP contribution in [0.15, 0.2) is 18.2 Å². The van der Waals surface area contributed by atoms with Crippen molar-refractivity contribution < 1.29 is 44.7 Å². The van der Waals surface area contributed by atoms with Crippen LogP contribution in [0.2, 0.25) is 5.02 Å². The van der Waals surface area contributed by atoms with E-state index >= 15 is 0 Å². The Balaban J connectivity index is 1.78. The zero-order valence-corrected chi connectivity index (χ0v) is 26.1. The third kappa shape index (κ3) is 8.31. The van der Waals surface area contributed by atoms with Gasteiger partial charge >= 0.3 is 18.8 Å². The summed E-state index contributed by atoms with van der Waals surface area (Å²) in [5.74, 6) is -1.13. The van der Waals surface area contributed by atoms with E-state index in [2.05, 4.69) is 20.5 Å². The molecule has 1 fully saturated rings. The fourth-order valence-electron chi connectivity index (χ4n) is 4.98. The van der Waals surface area contributed by atoms with E-state index in [0.717, 1.165) is 19.9 Å². The second kappa shape index (κ2) is 13.9. The van der Waals surface area contributed by atoms with Crippen LogP contribution in [0.1, 0.15) is 62.5 Å². The number of ether oxygens (including phenoxy) is 1. The molecule has 1 aliphatic carbocycles. The highest BCUT2D eigenvalue weighted by Crippen LogP contribution is 2.43. The number of nitrogens with zero attached hydrogens (tertiary/aromatic N) is 2. The molecule has 0 spiro atoms. The largest absolute Gasteiger partial charge is 0.434 e. The van der Waals surface area contributed by atoms with Crippen molar-refractivity contribution in [1.29, 1.82) is 0 Å². The van der Waals surface area contributed by atoms with Crippen LogP contribution in [0.5, 0.6) is 5.75 Å². The molecule has 0 bridgehead atoms. The number of amides is 3. The standard InChI is InChI=1S/C27H35ClF5N5O5S/c1-5-38-22(18-11-8-16(12-19(18)43-24(29)30)13-26(2,3)27(31,32)33)20(28)21(36-38)23(39)35-14-15-6-9-17(10-7-15)44(41,42)37-25(40)34-4/h8,11-12,15,17,24H,5-7,9-10,13-14H2,1-4H3,(H,35,39)(H2,34,37,40). The van der Waals surface area contributed by atoms with E-state index < -0.39 is 57.6 Å². The lowest BCUT2D eigenvalue weighted by atomic mass is 9.84. The van der Waals surface area contributed by atoms with Crippen LogP contribution in [0.25, 0.3) is 11.3 Å². The van der Waals surface area contributed by atoms with Gasteiger partial charge < -0.3 is 15.4 Å². The molecule has 0 radical (unpaired) electrons. The molecule has 1 aromatic heterocycles. The first-order valence-corrected chi connectivity index (χ1v) is 15.7. The van der Waals surface area contributed by atoms with Crippen molar-refractivity contribution in [3.8, 4) is 17.0 Å². The molecule has 3 rings (SSSR count). The quantitative estimate of drug-likeness (QED) is 0.270. The predicted octanol–water partition coefficient (Wildman–Crippen LogP) is 5.50. The van der Waals surface area contributed by atoms with Gasteiger partial charge in [-0.2, -0.15) is 27.1 Å². The van der Waals surface area contributed by atoms with Crippen LogP contribution in [0, 0.1) is 11.3 Å². The fourth-order valence-corrected chi connectivity index (χ4v) is 6.72. The van der Waals surface area contributed by atoms with Gasteiger partial charge in [-0.15, -0.1) is 0 Å². The van der Waals surface area contributed by atoms with Crippen molar-refractivity contribution in [2.75, 3.05) is 13.6 Å². The Labute approximate surface area is 257 Å². The highest BCUT2D eigenvalue weighted by molar-refractivity contribution is 7.90. The molecule has 3 N–H and O–H groups in total. The first-order chi connectivity index (χ1) is 20.4. The number of carbonyl (C=O) groups excluding carboxylic acids is 2. The minimum Gasteiger partial charge on any atom is -0.434 e. The third-order valence-electron chi connectivity index (χ3n) is 7.59. The Hall–Kier alpha value is -3.14.